The summed E-state index contributed by atoms with van der Waals surface area (Å²) in [6.45, 7) is 7.37. The number of esters is 2. The topological polar surface area (TPSA) is 109 Å². The van der Waals surface area contributed by atoms with Crippen LogP contribution in [-0.4, -0.2) is 47.5 Å². The van der Waals surface area contributed by atoms with Gasteiger partial charge in [-0.3, -0.25) is 0 Å². The number of ether oxygens (including phenoxy) is 2. The van der Waals surface area contributed by atoms with Crippen LogP contribution in [0.25, 0.3) is 0 Å². The maximum absolute atomic E-state index is 14.1. The smallest absolute Gasteiger partial charge is 0.340 e. The molecule has 8 rings (SSSR count). The van der Waals surface area contributed by atoms with Crippen LogP contribution in [0.15, 0.2) is 69.5 Å². The van der Waals surface area contributed by atoms with E-state index in [4.69, 9.17) is 9.47 Å². The van der Waals surface area contributed by atoms with E-state index in [2.05, 4.69) is 54.1 Å². The number of hydrogen-bond donors (Lipinski definition) is 4. The first-order valence-electron chi connectivity index (χ1n) is 16.7. The van der Waals surface area contributed by atoms with Gasteiger partial charge in [0.1, 0.15) is 11.5 Å². The molecule has 0 aromatic rings. The average molecular weight is 652 g/mol. The zero-order valence-electron chi connectivity index (χ0n) is 26.4. The van der Waals surface area contributed by atoms with E-state index in [1.54, 1.807) is 28.5 Å². The molecule has 10 heteroatoms. The van der Waals surface area contributed by atoms with Crippen LogP contribution in [-0.2, 0) is 19.1 Å². The third kappa shape index (κ3) is 5.43. The fraction of sp³-hybridized carbons (Fsp3) is 0.600. The molecule has 4 aliphatic carbocycles. The first-order valence-corrected chi connectivity index (χ1v) is 19.1. The highest BCUT2D eigenvalue weighted by molar-refractivity contribution is 8.76. The Morgan fingerprint density at radius 1 is 1.20 bits per heavy atom. The Kier molecular flexibility index (Phi) is 8.78. The highest BCUT2D eigenvalue weighted by atomic mass is 33.1. The van der Waals surface area contributed by atoms with Gasteiger partial charge in [0, 0.05) is 30.2 Å². The van der Waals surface area contributed by atoms with Crippen LogP contribution < -0.4 is 16.0 Å². The normalized spacial score (nSPS) is 37.0. The second-order valence-corrected chi connectivity index (χ2v) is 16.1. The first kappa shape index (κ1) is 31.2. The van der Waals surface area contributed by atoms with Crippen molar-refractivity contribution >= 4 is 33.5 Å². The van der Waals surface area contributed by atoms with Crippen LogP contribution in [0, 0.1) is 29.1 Å². The number of cyclic esters (lactones) is 1. The van der Waals surface area contributed by atoms with Crippen molar-refractivity contribution < 1.29 is 24.2 Å². The number of aliphatic hydroxyl groups is 1. The SMILES string of the molecule is CCC/C=C1\OC(=O)C2=C1CC[C@H]1[C@@H]3CC[C@@]4(C5=C3CC3=CCNC(=C3)NCSS[C@H](NC[C@H](C)O)[C@H](C)C/C=C/4OC5=O)[C@@H]21. The summed E-state index contributed by atoms with van der Waals surface area (Å²) in [5.41, 5.74) is 4.46. The molecule has 242 valence electrons. The van der Waals surface area contributed by atoms with E-state index in [1.807, 2.05) is 0 Å². The monoisotopic (exact) mass is 651 g/mol. The number of aliphatic hydroxyl groups excluding tert-OH is 1. The van der Waals surface area contributed by atoms with Gasteiger partial charge in [-0.25, -0.2) is 9.59 Å². The van der Waals surface area contributed by atoms with E-state index >= 15 is 0 Å². The van der Waals surface area contributed by atoms with Crippen molar-refractivity contribution in [1.29, 1.82) is 0 Å². The molecule has 0 radical (unpaired) electrons. The highest BCUT2D eigenvalue weighted by Crippen LogP contribution is 2.71. The summed E-state index contributed by atoms with van der Waals surface area (Å²) in [6.07, 6.45) is 15.1. The van der Waals surface area contributed by atoms with Gasteiger partial charge in [-0.05, 0) is 93.4 Å². The highest BCUT2D eigenvalue weighted by Gasteiger charge is 2.68. The van der Waals surface area contributed by atoms with E-state index in [1.165, 1.54) is 11.1 Å². The van der Waals surface area contributed by atoms with Gasteiger partial charge < -0.3 is 30.5 Å². The standard InChI is InChI=1S/C35H45N3O5S2/c1-4-5-6-26-24-9-8-23-22-11-13-35(30(23)29(24)33(40)42-26)27-10-7-19(2)32(37-17-20(3)39)45-44-18-38-28-16-21(12-14-36-28)15-25(22)31(35)34(41)43-27/h6,10,12,16,19-20,22-23,30,32,36-39H,4-5,7-9,11,13-15,17-18H2,1-3H3/b26-6-,27-10-/t19-,20+,22+,23+,30-,32+,35+/m1/s1. The van der Waals surface area contributed by atoms with Crippen molar-refractivity contribution in [3.05, 3.63) is 69.5 Å². The van der Waals surface area contributed by atoms with Crippen molar-refractivity contribution in [3.8, 4) is 0 Å². The Morgan fingerprint density at radius 3 is 2.89 bits per heavy atom. The fourth-order valence-corrected chi connectivity index (χ4v) is 11.3. The van der Waals surface area contributed by atoms with Gasteiger partial charge in [0.2, 0.25) is 0 Å². The number of carbonyl (C=O) groups is 2. The Bertz CT molecular complexity index is 1460. The van der Waals surface area contributed by atoms with Crippen molar-refractivity contribution in [2.45, 2.75) is 83.6 Å². The maximum atomic E-state index is 14.1. The molecule has 4 N–H and O–H groups in total. The maximum Gasteiger partial charge on any atom is 0.340 e. The van der Waals surface area contributed by atoms with Gasteiger partial charge in [-0.2, -0.15) is 0 Å². The summed E-state index contributed by atoms with van der Waals surface area (Å²) < 4.78 is 12.3. The zero-order chi connectivity index (χ0) is 31.3. The van der Waals surface area contributed by atoms with Crippen LogP contribution >= 0.6 is 21.6 Å². The molecule has 0 unspecified atom stereocenters. The molecule has 7 bridgehead atoms. The van der Waals surface area contributed by atoms with Gasteiger partial charge in [-0.1, -0.05) is 53.5 Å². The van der Waals surface area contributed by atoms with Crippen molar-refractivity contribution in [2.75, 3.05) is 19.0 Å². The van der Waals surface area contributed by atoms with Gasteiger partial charge in [0.25, 0.3) is 0 Å². The minimum absolute atomic E-state index is 0.0787. The Hall–Kier alpha value is -2.40. The number of carbonyl (C=O) groups excluding carboxylic acids is 2. The van der Waals surface area contributed by atoms with Crippen LogP contribution in [0.4, 0.5) is 0 Å². The van der Waals surface area contributed by atoms with E-state index in [9.17, 15) is 14.7 Å². The lowest BCUT2D eigenvalue weighted by Gasteiger charge is -2.56. The molecule has 8 aliphatic rings. The Balaban J connectivity index is 1.36. The number of dihydropyridines is 1. The molecular formula is C35H45N3O5S2. The van der Waals surface area contributed by atoms with Crippen LogP contribution in [0.2, 0.25) is 0 Å². The lowest BCUT2D eigenvalue weighted by atomic mass is 9.44. The zero-order valence-corrected chi connectivity index (χ0v) is 28.1. The predicted molar refractivity (Wildman–Crippen MR) is 178 cm³/mol. The number of unbranched alkanes of at least 4 members (excludes halogenated alkanes) is 1. The van der Waals surface area contributed by atoms with Gasteiger partial charge >= 0.3 is 11.9 Å². The quantitative estimate of drug-likeness (QED) is 0.218. The fourth-order valence-electron chi connectivity index (χ4n) is 8.85. The third-order valence-corrected chi connectivity index (χ3v) is 13.4. The number of hydrogen-bond acceptors (Lipinski definition) is 10. The summed E-state index contributed by atoms with van der Waals surface area (Å²) in [5, 5.41) is 20.7. The largest absolute Gasteiger partial charge is 0.427 e. The van der Waals surface area contributed by atoms with Crippen molar-refractivity contribution in [3.63, 3.8) is 0 Å². The molecule has 0 aromatic carbocycles. The Morgan fingerprint density at radius 2 is 2.07 bits per heavy atom. The number of nitrogens with one attached hydrogen (secondary N) is 3. The lowest BCUT2D eigenvalue weighted by Crippen LogP contribution is -2.52. The molecule has 1 saturated carbocycles. The first-order chi connectivity index (χ1) is 21.8. The van der Waals surface area contributed by atoms with E-state index in [0.717, 1.165) is 91.4 Å². The number of rotatable bonds is 5. The average Bonchev–Trinajstić information content (AvgIpc) is 3.51. The van der Waals surface area contributed by atoms with Crippen molar-refractivity contribution in [1.82, 2.24) is 16.0 Å². The molecule has 2 fully saturated rings. The summed E-state index contributed by atoms with van der Waals surface area (Å²) >= 11 is 0. The third-order valence-electron chi connectivity index (χ3n) is 10.8. The van der Waals surface area contributed by atoms with Gasteiger partial charge in [0.15, 0.2) is 0 Å². The molecule has 1 saturated heterocycles. The molecular weight excluding hydrogens is 607 g/mol. The molecule has 4 aliphatic heterocycles. The Labute approximate surface area is 274 Å². The van der Waals surface area contributed by atoms with E-state index < -0.39 is 11.5 Å². The van der Waals surface area contributed by atoms with Gasteiger partial charge in [0.05, 0.1) is 34.2 Å². The molecule has 45 heavy (non-hydrogen) atoms. The lowest BCUT2D eigenvalue weighted by molar-refractivity contribution is -0.135. The summed E-state index contributed by atoms with van der Waals surface area (Å²) in [4.78, 5) is 27.8. The predicted octanol–water partition coefficient (Wildman–Crippen LogP) is 5.72. The van der Waals surface area contributed by atoms with E-state index in [-0.39, 0.29) is 41.0 Å². The molecule has 4 heterocycles. The van der Waals surface area contributed by atoms with Crippen LogP contribution in [0.1, 0.15) is 72.1 Å². The summed E-state index contributed by atoms with van der Waals surface area (Å²) in [5.74, 6) is 3.34. The second kappa shape index (κ2) is 12.7. The summed E-state index contributed by atoms with van der Waals surface area (Å²) in [7, 11) is 3.52. The minimum atomic E-state index is -0.647. The van der Waals surface area contributed by atoms with Crippen LogP contribution in [0.3, 0.4) is 0 Å². The molecule has 7 atom stereocenters. The van der Waals surface area contributed by atoms with Gasteiger partial charge in [-0.15, -0.1) is 0 Å². The second-order valence-electron chi connectivity index (χ2n) is 13.6. The molecule has 0 aromatic heterocycles. The molecule has 8 nitrogen and oxygen atoms in total. The van der Waals surface area contributed by atoms with Crippen molar-refractivity contribution in [2.24, 2.45) is 29.1 Å². The van der Waals surface area contributed by atoms with Crippen LogP contribution in [0.5, 0.6) is 0 Å². The number of allylic oxidation sites excluding steroid dienone is 7. The minimum Gasteiger partial charge on any atom is -0.427 e. The summed E-state index contributed by atoms with van der Waals surface area (Å²) in [6, 6.07) is 0. The molecule has 0 amide bonds. The number of fused-ring (bicyclic) bond motifs is 2. The van der Waals surface area contributed by atoms with E-state index in [0.29, 0.717) is 13.0 Å². The molecule has 1 spiro atoms.